The molecule has 2 nitrogen and oxygen atoms in total. The predicted octanol–water partition coefficient (Wildman–Crippen LogP) is 3.96. The Bertz CT molecular complexity index is 627. The van der Waals surface area contributed by atoms with Gasteiger partial charge in [-0.2, -0.15) is 13.2 Å². The number of thiazole rings is 1. The Morgan fingerprint density at radius 2 is 2.20 bits per heavy atom. The second kappa shape index (κ2) is 4.70. The first-order valence-corrected chi connectivity index (χ1v) is 7.45. The van der Waals surface area contributed by atoms with Crippen LogP contribution in [0.5, 0.6) is 0 Å². The monoisotopic (exact) mass is 300 g/mol. The summed E-state index contributed by atoms with van der Waals surface area (Å²) in [5.41, 5.74) is -0.182. The third-order valence-corrected chi connectivity index (χ3v) is 5.37. The average molecular weight is 300 g/mol. The molecule has 1 atom stereocenters. The minimum absolute atomic E-state index is 0.0118. The summed E-state index contributed by atoms with van der Waals surface area (Å²) >= 11 is 1.52. The van der Waals surface area contributed by atoms with E-state index in [0.29, 0.717) is 5.52 Å². The van der Waals surface area contributed by atoms with E-state index in [1.807, 2.05) is 0 Å². The summed E-state index contributed by atoms with van der Waals surface area (Å²) < 4.78 is 39.0. The number of hydrogen-bond donors (Lipinski definition) is 1. The highest BCUT2D eigenvalue weighted by Crippen LogP contribution is 2.40. The number of hydrogen-bond acceptors (Lipinski definition) is 3. The van der Waals surface area contributed by atoms with E-state index in [1.54, 1.807) is 0 Å². The van der Waals surface area contributed by atoms with Crippen molar-refractivity contribution in [3.63, 3.8) is 0 Å². The minimum Gasteiger partial charge on any atom is -0.316 e. The fourth-order valence-electron chi connectivity index (χ4n) is 2.71. The van der Waals surface area contributed by atoms with Gasteiger partial charge < -0.3 is 5.32 Å². The van der Waals surface area contributed by atoms with Crippen LogP contribution in [0.1, 0.15) is 30.3 Å². The van der Waals surface area contributed by atoms with Crippen LogP contribution in [0.3, 0.4) is 0 Å². The number of halogens is 3. The van der Waals surface area contributed by atoms with E-state index < -0.39 is 11.7 Å². The molecule has 0 saturated carbocycles. The molecule has 1 aromatic heterocycles. The first kappa shape index (κ1) is 13.8. The molecule has 2 aromatic rings. The molecule has 0 radical (unpaired) electrons. The van der Waals surface area contributed by atoms with E-state index in [2.05, 4.69) is 17.2 Å². The Morgan fingerprint density at radius 1 is 1.40 bits per heavy atom. The topological polar surface area (TPSA) is 24.9 Å². The Balaban J connectivity index is 2.07. The fourth-order valence-corrected chi connectivity index (χ4v) is 3.94. The van der Waals surface area contributed by atoms with Gasteiger partial charge in [0.25, 0.3) is 0 Å². The van der Waals surface area contributed by atoms with E-state index >= 15 is 0 Å². The highest BCUT2D eigenvalue weighted by molar-refractivity contribution is 7.18. The summed E-state index contributed by atoms with van der Waals surface area (Å²) in [6.45, 7) is 3.91. The van der Waals surface area contributed by atoms with Crippen LogP contribution < -0.4 is 5.32 Å². The third-order valence-electron chi connectivity index (χ3n) is 4.09. The van der Waals surface area contributed by atoms with E-state index in [1.165, 1.54) is 17.4 Å². The molecular formula is C14H15F3N2S. The molecule has 0 bridgehead atoms. The summed E-state index contributed by atoms with van der Waals surface area (Å²) in [6.07, 6.45) is -2.36. The molecule has 2 heterocycles. The molecule has 1 aromatic carbocycles. The number of nitrogens with zero attached hydrogens (tertiary/aromatic N) is 1. The minimum atomic E-state index is -4.31. The number of nitrogens with one attached hydrogen (secondary N) is 1. The molecule has 6 heteroatoms. The van der Waals surface area contributed by atoms with Crippen LogP contribution in [-0.2, 0) is 11.6 Å². The molecule has 0 aliphatic carbocycles. The highest BCUT2D eigenvalue weighted by Gasteiger charge is 2.37. The van der Waals surface area contributed by atoms with Crippen LogP contribution in [0.4, 0.5) is 13.2 Å². The Kier molecular flexibility index (Phi) is 3.25. The Morgan fingerprint density at radius 3 is 2.80 bits per heavy atom. The number of alkyl halides is 3. The summed E-state index contributed by atoms with van der Waals surface area (Å²) in [7, 11) is 0. The number of benzene rings is 1. The van der Waals surface area contributed by atoms with Gasteiger partial charge in [0.15, 0.2) is 0 Å². The van der Waals surface area contributed by atoms with Crippen LogP contribution in [0, 0.1) is 0 Å². The molecule has 1 saturated heterocycles. The second-order valence-corrected chi connectivity index (χ2v) is 6.29. The molecule has 0 amide bonds. The number of rotatable bonds is 2. The normalized spacial score (nSPS) is 23.6. The lowest BCUT2D eigenvalue weighted by atomic mass is 9.85. The van der Waals surface area contributed by atoms with Crippen molar-refractivity contribution in [1.29, 1.82) is 0 Å². The van der Waals surface area contributed by atoms with Crippen molar-refractivity contribution >= 4 is 21.6 Å². The summed E-state index contributed by atoms with van der Waals surface area (Å²) in [5, 5.41) is 4.29. The van der Waals surface area contributed by atoms with E-state index in [0.717, 1.165) is 47.8 Å². The van der Waals surface area contributed by atoms with Gasteiger partial charge in [-0.15, -0.1) is 11.3 Å². The molecule has 1 N–H and O–H groups in total. The highest BCUT2D eigenvalue weighted by atomic mass is 32.1. The van der Waals surface area contributed by atoms with Crippen molar-refractivity contribution in [2.24, 2.45) is 0 Å². The SMILES string of the molecule is CCC1(c2nc3cc(C(F)(F)F)ccc3s2)CCNC1. The summed E-state index contributed by atoms with van der Waals surface area (Å²) in [4.78, 5) is 4.49. The second-order valence-electron chi connectivity index (χ2n) is 5.26. The molecule has 3 rings (SSSR count). The average Bonchev–Trinajstić information content (AvgIpc) is 3.04. The van der Waals surface area contributed by atoms with E-state index in [-0.39, 0.29) is 5.41 Å². The smallest absolute Gasteiger partial charge is 0.316 e. The van der Waals surface area contributed by atoms with Crippen molar-refractivity contribution in [3.8, 4) is 0 Å². The largest absolute Gasteiger partial charge is 0.416 e. The van der Waals surface area contributed by atoms with Gasteiger partial charge in [0.1, 0.15) is 5.01 Å². The van der Waals surface area contributed by atoms with Crippen LogP contribution in [0.25, 0.3) is 10.2 Å². The van der Waals surface area contributed by atoms with Crippen LogP contribution >= 0.6 is 11.3 Å². The molecule has 1 unspecified atom stereocenters. The molecular weight excluding hydrogens is 285 g/mol. The van der Waals surface area contributed by atoms with Gasteiger partial charge in [-0.05, 0) is 37.6 Å². The third kappa shape index (κ3) is 2.20. The van der Waals surface area contributed by atoms with Crippen molar-refractivity contribution < 1.29 is 13.2 Å². The van der Waals surface area contributed by atoms with E-state index in [4.69, 9.17) is 0 Å². The van der Waals surface area contributed by atoms with Crippen molar-refractivity contribution in [2.75, 3.05) is 13.1 Å². The van der Waals surface area contributed by atoms with Gasteiger partial charge >= 0.3 is 6.18 Å². The first-order chi connectivity index (χ1) is 9.44. The summed E-state index contributed by atoms with van der Waals surface area (Å²) in [6, 6.07) is 3.82. The zero-order chi connectivity index (χ0) is 14.4. The van der Waals surface area contributed by atoms with Crippen LogP contribution in [-0.4, -0.2) is 18.1 Å². The molecule has 0 spiro atoms. The predicted molar refractivity (Wildman–Crippen MR) is 74.1 cm³/mol. The maximum Gasteiger partial charge on any atom is 0.416 e. The molecule has 1 fully saturated rings. The standard InChI is InChI=1S/C14H15F3N2S/c1-2-13(5-6-18-8-13)12-19-10-7-9(14(15,16)17)3-4-11(10)20-12/h3-4,7,18H,2,5-6,8H2,1H3. The maximum absolute atomic E-state index is 12.7. The van der Waals surface area contributed by atoms with Crippen LogP contribution in [0.15, 0.2) is 18.2 Å². The van der Waals surface area contributed by atoms with Gasteiger partial charge in [-0.25, -0.2) is 4.98 Å². The lowest BCUT2D eigenvalue weighted by molar-refractivity contribution is -0.137. The zero-order valence-corrected chi connectivity index (χ0v) is 11.9. The van der Waals surface area contributed by atoms with Gasteiger partial charge in [-0.1, -0.05) is 6.92 Å². The van der Waals surface area contributed by atoms with Crippen LogP contribution in [0.2, 0.25) is 0 Å². The molecule has 108 valence electrons. The quantitative estimate of drug-likeness (QED) is 0.908. The lowest BCUT2D eigenvalue weighted by Gasteiger charge is -2.23. The Hall–Kier alpha value is -1.14. The van der Waals surface area contributed by atoms with E-state index in [9.17, 15) is 13.2 Å². The first-order valence-electron chi connectivity index (χ1n) is 6.64. The summed E-state index contributed by atoms with van der Waals surface area (Å²) in [5.74, 6) is 0. The molecule has 1 aliphatic rings. The molecule has 1 aliphatic heterocycles. The van der Waals surface area contributed by atoms with Crippen molar-refractivity contribution in [2.45, 2.75) is 31.4 Å². The lowest BCUT2D eigenvalue weighted by Crippen LogP contribution is -2.27. The van der Waals surface area contributed by atoms with Gasteiger partial charge in [0.05, 0.1) is 15.8 Å². The Labute approximate surface area is 119 Å². The maximum atomic E-state index is 12.7. The van der Waals surface area contributed by atoms with Gasteiger partial charge in [0, 0.05) is 12.0 Å². The zero-order valence-electron chi connectivity index (χ0n) is 11.0. The van der Waals surface area contributed by atoms with Crippen molar-refractivity contribution in [3.05, 3.63) is 28.8 Å². The molecule has 20 heavy (non-hydrogen) atoms. The fraction of sp³-hybridized carbons (Fsp3) is 0.500. The van der Waals surface area contributed by atoms with Crippen molar-refractivity contribution in [1.82, 2.24) is 10.3 Å². The van der Waals surface area contributed by atoms with Gasteiger partial charge in [-0.3, -0.25) is 0 Å². The number of aromatic nitrogens is 1. The number of fused-ring (bicyclic) bond motifs is 1. The van der Waals surface area contributed by atoms with Gasteiger partial charge in [0.2, 0.25) is 0 Å².